The van der Waals surface area contributed by atoms with E-state index in [1.807, 2.05) is 55.4 Å². The molecule has 4 aliphatic heterocycles. The SMILES string of the molecule is CO[C@H]1C(=O)[C@]2(C)[C@@H](OC)C[C@H]3OC[C@@]3(C)[C@H]2[C@H](C)[C@]2(O)CC(OC(=O)[C@H](O)[C@@H](NC(=O)OC(C)(C)C)c3ccccc3)C(C)=C1C2(C)C.CO[C@H]1C(=O)[C@]2(C)[C@@H](OC)C[C@H]3OC[C@@]3(C)[C@H]2[C@H](C)[C@]2(O)CC(OC(=O)[C@H](OC(=O)CCCCCN3C(=O)C=CC3=O)[C@@H](NC(=O)OC(C)(C)C)c3ccccc3)C(C)=C1C2(C)C.O=C(O)CCCCCN1C(=O)C=CC1=O. The number of ketones is 2. The van der Waals surface area contributed by atoms with Crippen molar-refractivity contribution in [1.82, 2.24) is 20.4 Å². The van der Waals surface area contributed by atoms with Crippen LogP contribution in [0, 0.1) is 56.2 Å². The van der Waals surface area contributed by atoms with Gasteiger partial charge in [-0.1, -0.05) is 129 Å². The molecule has 6 amide bonds. The first-order chi connectivity index (χ1) is 59.2. The van der Waals surface area contributed by atoms with Crippen molar-refractivity contribution in [3.05, 3.63) is 118 Å². The number of nitrogens with one attached hydrogen (secondary N) is 2. The minimum absolute atomic E-state index is 0.0148. The number of carboxylic acids is 1. The monoisotopic (exact) mass is 1770 g/mol. The maximum absolute atomic E-state index is 15.3. The second-order valence-electron chi connectivity index (χ2n) is 39.9. The largest absolute Gasteiger partial charge is 0.481 e. The number of aliphatic carboxylic acids is 1. The Morgan fingerprint density at radius 3 is 1.22 bits per heavy atom. The molecule has 31 heteroatoms. The molecule has 4 heterocycles. The fourth-order valence-electron chi connectivity index (χ4n) is 22.8. The van der Waals surface area contributed by atoms with Crippen molar-refractivity contribution in [2.75, 3.05) is 54.7 Å². The van der Waals surface area contributed by atoms with Gasteiger partial charge in [0.25, 0.3) is 23.6 Å². The third kappa shape index (κ3) is 19.3. The number of benzene rings is 2. The molecule has 6 aliphatic carbocycles. The summed E-state index contributed by atoms with van der Waals surface area (Å²) in [6.45, 7) is 34.8. The Balaban J connectivity index is 0.000000232. The molecule has 2 saturated heterocycles. The summed E-state index contributed by atoms with van der Waals surface area (Å²) < 4.78 is 66.0. The Bertz CT molecular complexity index is 4570. The van der Waals surface area contributed by atoms with Gasteiger partial charge in [0.2, 0.25) is 6.10 Å². The third-order valence-corrected chi connectivity index (χ3v) is 29.4. The lowest BCUT2D eigenvalue weighted by Gasteiger charge is -2.69. The number of Topliss-reactive ketones (excluding diaryl/α,β-unsaturated/α-hetero) is 2. The summed E-state index contributed by atoms with van der Waals surface area (Å²) >= 11 is 0. The van der Waals surface area contributed by atoms with E-state index in [1.165, 1.54) is 43.4 Å². The first-order valence-electron chi connectivity index (χ1n) is 44.2. The van der Waals surface area contributed by atoms with Crippen molar-refractivity contribution in [2.24, 2.45) is 56.2 Å². The predicted molar refractivity (Wildman–Crippen MR) is 461 cm³/mol. The van der Waals surface area contributed by atoms with Crippen LogP contribution >= 0.6 is 0 Å². The first-order valence-corrected chi connectivity index (χ1v) is 44.2. The van der Waals surface area contributed by atoms with E-state index in [9.17, 15) is 68.1 Å². The number of fused-ring (bicyclic) bond motifs is 10. The lowest BCUT2D eigenvalue weighted by molar-refractivity contribution is -0.305. The van der Waals surface area contributed by atoms with E-state index in [-0.39, 0.29) is 85.5 Å². The highest BCUT2D eigenvalue weighted by Gasteiger charge is 2.76. The molecule has 700 valence electrons. The van der Waals surface area contributed by atoms with E-state index in [0.29, 0.717) is 105 Å². The average Bonchev–Trinajstić information content (AvgIpc) is 0.799. The van der Waals surface area contributed by atoms with E-state index in [4.69, 9.17) is 57.2 Å². The number of rotatable bonds is 27. The average molecular weight is 1780 g/mol. The van der Waals surface area contributed by atoms with Crippen molar-refractivity contribution in [2.45, 2.75) is 297 Å². The van der Waals surface area contributed by atoms with Gasteiger partial charge in [0.1, 0.15) is 41.7 Å². The van der Waals surface area contributed by atoms with Crippen LogP contribution in [0.1, 0.15) is 225 Å². The number of nitrogens with zero attached hydrogens (tertiary/aromatic N) is 2. The highest BCUT2D eigenvalue weighted by molar-refractivity contribution is 6.13. The predicted octanol–water partition coefficient (Wildman–Crippen LogP) is 11.0. The molecule has 127 heavy (non-hydrogen) atoms. The number of amides is 6. The summed E-state index contributed by atoms with van der Waals surface area (Å²) in [5, 5.41) is 51.8. The molecule has 2 aromatic rings. The number of carboxylic acid groups (broad SMARTS) is 1. The van der Waals surface area contributed by atoms with Crippen molar-refractivity contribution < 1.29 is 130 Å². The highest BCUT2D eigenvalue weighted by atomic mass is 16.6. The number of hydrogen-bond donors (Lipinski definition) is 6. The number of hydrogen-bond acceptors (Lipinski definition) is 26. The van der Waals surface area contributed by atoms with Crippen molar-refractivity contribution in [3.8, 4) is 0 Å². The quantitative estimate of drug-likeness (QED) is 0.0159. The van der Waals surface area contributed by atoms with Crippen LogP contribution < -0.4 is 10.6 Å². The zero-order valence-corrected chi connectivity index (χ0v) is 77.7. The van der Waals surface area contributed by atoms with Gasteiger partial charge in [-0.25, -0.2) is 19.2 Å². The Labute approximate surface area is 744 Å². The molecule has 0 aromatic heterocycles. The summed E-state index contributed by atoms with van der Waals surface area (Å²) in [5.74, 6) is -7.08. The fourth-order valence-corrected chi connectivity index (χ4v) is 22.8. The number of aliphatic hydroxyl groups is 3. The minimum atomic E-state index is -1.82. The number of alkyl carbamates (subject to hydrolysis) is 2. The zero-order chi connectivity index (χ0) is 94.2. The number of unbranched alkanes of at least 4 members (excludes halogenated alkanes) is 4. The van der Waals surface area contributed by atoms with Crippen LogP contribution in [0.4, 0.5) is 9.59 Å². The molecule has 2 aromatic carbocycles. The molecule has 2 unspecified atom stereocenters. The molecule has 4 saturated carbocycles. The molecule has 6 N–H and O–H groups in total. The number of esters is 3. The summed E-state index contributed by atoms with van der Waals surface area (Å²) in [4.78, 5) is 158. The Hall–Kier alpha value is -8.92. The Kier molecular flexibility index (Phi) is 30.5. The number of methoxy groups -OCH3 is 4. The molecular formula is C96H134N4O27. The van der Waals surface area contributed by atoms with Crippen molar-refractivity contribution in [1.29, 1.82) is 0 Å². The van der Waals surface area contributed by atoms with E-state index in [2.05, 4.69) is 24.5 Å². The molecule has 0 radical (unpaired) electrons. The van der Waals surface area contributed by atoms with E-state index in [0.717, 1.165) is 4.90 Å². The number of imide groups is 2. The van der Waals surface area contributed by atoms with Crippen LogP contribution in [0.2, 0.25) is 0 Å². The Morgan fingerprint density at radius 1 is 0.512 bits per heavy atom. The lowest BCUT2D eigenvalue weighted by Crippen LogP contribution is -2.75. The molecule has 12 rings (SSSR count). The normalized spacial score (nSPS) is 33.0. The molecule has 0 spiro atoms. The molecule has 4 bridgehead atoms. The van der Waals surface area contributed by atoms with Crippen LogP contribution in [0.3, 0.4) is 0 Å². The van der Waals surface area contributed by atoms with Gasteiger partial charge in [-0.15, -0.1) is 0 Å². The second-order valence-corrected chi connectivity index (χ2v) is 39.9. The zero-order valence-electron chi connectivity index (χ0n) is 77.7. The second kappa shape index (κ2) is 38.6. The van der Waals surface area contributed by atoms with E-state index >= 15 is 4.79 Å². The van der Waals surface area contributed by atoms with Gasteiger partial charge < -0.3 is 83.2 Å². The Morgan fingerprint density at radius 2 is 0.874 bits per heavy atom. The number of carbonyl (C=O) groups excluding carboxylic acids is 11. The van der Waals surface area contributed by atoms with E-state index < -0.39 is 170 Å². The fraction of sp³-hybridized carbons (Fsp3) is 0.667. The van der Waals surface area contributed by atoms with Gasteiger partial charge in [-0.2, -0.15) is 0 Å². The maximum atomic E-state index is 15.3. The lowest BCUT2D eigenvalue weighted by atomic mass is 9.40. The van der Waals surface area contributed by atoms with Gasteiger partial charge in [0, 0.05) is 126 Å². The standard InChI is InChI=1S/C48H66N2O13.C38H55NO10.C10H13NO4/c1-27-30(25-48(57)28(2)40-46(8)26-60-31(46)24-32(58-10)47(40,9)41(54)38(59-11)36(27)45(48,6)7)61-42(55)39(37(29-18-14-12-15-19-29)49-43(56)63-44(3,4)5)62-35(53)20-16-13-17-23-50-33(51)21-22-34(50)52;1-20-23(48-32(42)28(40)27(22-15-13-12-14-16-22)39-33(43)49-34(3,4)5)18-38(44)21(2)30-36(8)19-47-24(36)17-25(45-10)37(30,9)31(41)29(46-11)26(20)35(38,6)7;12-8-5-6-9(13)11(8)7-3-1-2-4-10(14)15/h12,14-15,18-19,21-22,28,30-32,37-40,57H,13,16-17,20,23-26H2,1-11H3,(H,49,56);12-16,21,23-25,27-30,40,44H,17-19H2,1-11H3,(H,39,43);5-6H,1-4,7H2,(H,14,15)/t28-,30?,31+,32-,37-,38+,39+,40+,46+,47+,48+;21-,23?,24+,25-,27-,28+,29+,30+,36+,37+,38+;/m00./s1. The summed E-state index contributed by atoms with van der Waals surface area (Å²) in [6, 6.07) is 14.7. The summed E-state index contributed by atoms with van der Waals surface area (Å²) in [5.41, 5.74) is -6.84. The smallest absolute Gasteiger partial charge is 0.408 e. The van der Waals surface area contributed by atoms with Crippen LogP contribution in [0.15, 0.2) is 107 Å². The number of aliphatic hydroxyl groups excluding tert-OH is 1. The number of carbonyl (C=O) groups is 12. The van der Waals surface area contributed by atoms with E-state index in [1.54, 1.807) is 130 Å². The molecule has 22 atom stereocenters. The summed E-state index contributed by atoms with van der Waals surface area (Å²) in [7, 11) is 6.15. The van der Waals surface area contributed by atoms with Crippen molar-refractivity contribution in [3.63, 3.8) is 0 Å². The van der Waals surface area contributed by atoms with Gasteiger partial charge in [-0.3, -0.25) is 48.2 Å². The van der Waals surface area contributed by atoms with Crippen LogP contribution in [0.5, 0.6) is 0 Å². The third-order valence-electron chi connectivity index (χ3n) is 29.4. The highest BCUT2D eigenvalue weighted by Crippen LogP contribution is 2.70. The maximum Gasteiger partial charge on any atom is 0.408 e. The van der Waals surface area contributed by atoms with Gasteiger partial charge in [-0.05, 0) is 152 Å². The molecule has 10 aliphatic rings. The van der Waals surface area contributed by atoms with Gasteiger partial charge >= 0.3 is 36.1 Å². The van der Waals surface area contributed by atoms with Gasteiger partial charge in [0.05, 0.1) is 65.7 Å². The van der Waals surface area contributed by atoms with Gasteiger partial charge in [0.15, 0.2) is 17.7 Å². The summed E-state index contributed by atoms with van der Waals surface area (Å²) in [6.07, 6.45) is -1.75. The molecule has 31 nitrogen and oxygen atoms in total. The molecule has 6 fully saturated rings. The number of ether oxygens (including phenoxy) is 11. The van der Waals surface area contributed by atoms with Crippen molar-refractivity contribution >= 4 is 71.3 Å². The van der Waals surface area contributed by atoms with Crippen LogP contribution in [-0.2, 0) is 100 Å². The first kappa shape index (κ1) is 100. The molecular weight excluding hydrogens is 1640 g/mol. The van der Waals surface area contributed by atoms with Crippen LogP contribution in [-0.4, -0.2) is 240 Å². The minimum Gasteiger partial charge on any atom is -0.481 e. The topological polar surface area (TPSA) is 418 Å². The van der Waals surface area contributed by atoms with Crippen LogP contribution in [0.25, 0.3) is 0 Å².